The molecule has 1 radical (unpaired) electrons. The van der Waals surface area contributed by atoms with Gasteiger partial charge in [0.2, 0.25) is 0 Å². The van der Waals surface area contributed by atoms with Crippen LogP contribution in [0, 0.1) is 0 Å². The molecule has 0 aromatic carbocycles. The van der Waals surface area contributed by atoms with E-state index in [1.807, 2.05) is 0 Å². The molecule has 0 atom stereocenters. The molecule has 0 heterocycles. The van der Waals surface area contributed by atoms with Gasteiger partial charge in [0.1, 0.15) is 0 Å². The molecule has 0 aromatic rings. The van der Waals surface area contributed by atoms with Gasteiger partial charge < -0.3 is 19.2 Å². The van der Waals surface area contributed by atoms with Crippen molar-refractivity contribution in [2.45, 2.75) is 0 Å². The minimum atomic E-state index is -4.61. The van der Waals surface area contributed by atoms with Gasteiger partial charge in [0, 0.05) is 70.9 Å². The van der Waals surface area contributed by atoms with Crippen LogP contribution in [0.2, 0.25) is 0 Å². The largest absolute Gasteiger partial charge is 0.668 e. The van der Waals surface area contributed by atoms with E-state index in [0.29, 0.717) is 0 Å². The van der Waals surface area contributed by atoms with E-state index in [1.54, 1.807) is 0 Å². The van der Waals surface area contributed by atoms with Gasteiger partial charge in [-0.1, -0.05) is 0 Å². The van der Waals surface area contributed by atoms with E-state index in [2.05, 4.69) is 0 Å². The fraction of sp³-hybridized carbons (Fsp3) is 0. The van der Waals surface area contributed by atoms with Gasteiger partial charge in [-0.25, -0.2) is 0 Å². The van der Waals surface area contributed by atoms with Gasteiger partial charge in [-0.2, -0.15) is 0 Å². The number of rotatable bonds is 0. The summed E-state index contributed by atoms with van der Waals surface area (Å²) in [5, 5.41) is 0. The molecule has 0 spiro atoms. The Morgan fingerprint density at radius 2 is 0.857 bits per heavy atom. The van der Waals surface area contributed by atoms with E-state index in [0.717, 1.165) is 0 Å². The molecule has 4 N–H and O–H groups in total. The second-order valence-electron chi connectivity index (χ2n) is 0.600. The zero-order chi connectivity index (χ0) is 4.50. The maximum absolute atomic E-state index is 7.33. The monoisotopic (exact) mass is 199 g/mol. The first-order valence-electron chi connectivity index (χ1n) is 0.894. The zero-order valence-electron chi connectivity index (χ0n) is 4.00. The average molecular weight is 201 g/mol. The molecule has 0 aliphatic heterocycles. The maximum Gasteiger partial charge on any atom is 0.668 e. The molecule has 0 aliphatic rings. The molecule has 0 bridgehead atoms. The molecule has 0 aromatic heterocycles. The molecule has 0 fully saturated rings. The van der Waals surface area contributed by atoms with Crippen molar-refractivity contribution in [2.24, 2.45) is 0 Å². The Bertz CT molecular complexity index is 27.2. The third kappa shape index (κ3) is 61.8. The molecule has 0 saturated carbocycles. The Morgan fingerprint density at radius 3 is 0.857 bits per heavy atom. The van der Waals surface area contributed by atoms with Gasteiger partial charge in [-0.05, 0) is 0 Å². The number of hydrogen-bond donors (Lipinski definition) is 4. The Morgan fingerprint density at radius 1 is 0.857 bits per heavy atom. The summed E-state index contributed by atoms with van der Waals surface area (Å²) in [5.41, 5.74) is 0. The van der Waals surface area contributed by atoms with E-state index in [-0.39, 0.29) is 70.9 Å². The Hall–Kier alpha value is 2.32. The summed E-state index contributed by atoms with van der Waals surface area (Å²) in [7, 11) is -4.61. The second-order valence-corrected chi connectivity index (χ2v) is 1.80. The molecule has 7 heavy (non-hydrogen) atoms. The summed E-state index contributed by atoms with van der Waals surface area (Å²) in [6.45, 7) is 0. The topological polar surface area (TPSA) is 80.9 Å². The van der Waals surface area contributed by atoms with Crippen LogP contribution in [0.15, 0.2) is 0 Å². The molecular weight excluding hydrogens is 197 g/mol. The van der Waals surface area contributed by atoms with Crippen LogP contribution in [-0.2, 0) is 19.5 Å². The molecular formula is H4KO4SiZn. The summed E-state index contributed by atoms with van der Waals surface area (Å²) in [4.78, 5) is 29.3. The van der Waals surface area contributed by atoms with Crippen molar-refractivity contribution < 1.29 is 38.7 Å². The van der Waals surface area contributed by atoms with E-state index >= 15 is 0 Å². The van der Waals surface area contributed by atoms with Gasteiger partial charge >= 0.3 is 9.05 Å². The second kappa shape index (κ2) is 6.44. The maximum atomic E-state index is 7.33. The van der Waals surface area contributed by atoms with Gasteiger partial charge in [-0.3, -0.25) is 0 Å². The molecule has 7 heteroatoms. The first-order valence-corrected chi connectivity index (χ1v) is 2.68. The van der Waals surface area contributed by atoms with Crippen LogP contribution < -0.4 is 0 Å². The quantitative estimate of drug-likeness (QED) is 0.315. The summed E-state index contributed by atoms with van der Waals surface area (Å²) < 4.78 is 0. The van der Waals surface area contributed by atoms with Crippen LogP contribution in [0.3, 0.4) is 0 Å². The minimum absolute atomic E-state index is 0. The van der Waals surface area contributed by atoms with E-state index in [9.17, 15) is 0 Å². The first kappa shape index (κ1) is 16.2. The van der Waals surface area contributed by atoms with Crippen LogP contribution in [0.1, 0.15) is 0 Å². The smallest absolute Gasteiger partial charge is 0.368 e. The average Bonchev–Trinajstić information content (AvgIpc) is 0.722. The molecule has 0 amide bonds. The van der Waals surface area contributed by atoms with Crippen LogP contribution in [0.4, 0.5) is 0 Å². The van der Waals surface area contributed by atoms with Crippen molar-refractivity contribution in [3.05, 3.63) is 0 Å². The Labute approximate surface area is 97.2 Å². The third-order valence-corrected chi connectivity index (χ3v) is 0. The molecule has 0 unspecified atom stereocenters. The fourth-order valence-corrected chi connectivity index (χ4v) is 0. The van der Waals surface area contributed by atoms with Crippen molar-refractivity contribution >= 4 is 60.4 Å². The fourth-order valence-electron chi connectivity index (χ4n) is 0. The van der Waals surface area contributed by atoms with Gasteiger partial charge in [0.25, 0.3) is 0 Å². The summed E-state index contributed by atoms with van der Waals surface area (Å²) in [6.07, 6.45) is 0. The van der Waals surface area contributed by atoms with Crippen LogP contribution in [0.25, 0.3) is 0 Å². The van der Waals surface area contributed by atoms with Crippen LogP contribution in [0.5, 0.6) is 0 Å². The van der Waals surface area contributed by atoms with Gasteiger partial charge in [0.05, 0.1) is 0 Å². The molecule has 0 rings (SSSR count). The van der Waals surface area contributed by atoms with E-state index in [4.69, 9.17) is 19.2 Å². The molecule has 4 nitrogen and oxygen atoms in total. The van der Waals surface area contributed by atoms with Crippen molar-refractivity contribution in [2.75, 3.05) is 0 Å². The number of hydrogen-bond acceptors (Lipinski definition) is 4. The minimum Gasteiger partial charge on any atom is -0.368 e. The molecule has 0 aliphatic carbocycles. The Kier molecular flexibility index (Phi) is 14.9. The summed E-state index contributed by atoms with van der Waals surface area (Å²) in [6, 6.07) is 0. The van der Waals surface area contributed by atoms with Crippen LogP contribution in [-0.4, -0.2) is 79.6 Å². The van der Waals surface area contributed by atoms with E-state index in [1.165, 1.54) is 0 Å². The van der Waals surface area contributed by atoms with Crippen LogP contribution >= 0.6 is 0 Å². The van der Waals surface area contributed by atoms with Crippen molar-refractivity contribution in [1.29, 1.82) is 0 Å². The molecule has 0 saturated heterocycles. The van der Waals surface area contributed by atoms with Crippen molar-refractivity contribution in [3.8, 4) is 0 Å². The summed E-state index contributed by atoms with van der Waals surface area (Å²) in [5.74, 6) is 0. The SMILES string of the molecule is O[Si](O)(O)O.[K].[Zn]. The standard InChI is InChI=1S/K.H4O4Si.Zn/c;1-5(2,3)4;/h;1-4H;. The first-order chi connectivity index (χ1) is 2.00. The predicted octanol–water partition coefficient (Wildman–Crippen LogP) is -2.99. The predicted molar refractivity (Wildman–Crippen MR) is 20.4 cm³/mol. The van der Waals surface area contributed by atoms with Gasteiger partial charge in [-0.15, -0.1) is 0 Å². The van der Waals surface area contributed by atoms with Crippen molar-refractivity contribution in [3.63, 3.8) is 0 Å². The zero-order valence-corrected chi connectivity index (χ0v) is 11.1. The third-order valence-electron chi connectivity index (χ3n) is 0. The van der Waals surface area contributed by atoms with Gasteiger partial charge in [0.15, 0.2) is 0 Å². The van der Waals surface area contributed by atoms with E-state index < -0.39 is 9.05 Å². The normalized spacial score (nSPS) is 8.57. The molecule has 35 valence electrons. The van der Waals surface area contributed by atoms with Crippen molar-refractivity contribution in [1.82, 2.24) is 0 Å². The summed E-state index contributed by atoms with van der Waals surface area (Å²) >= 11 is 0. The Balaban J connectivity index is -0.0000000800.